The minimum absolute atomic E-state index is 0.0285. The molecule has 3 fully saturated rings. The van der Waals surface area contributed by atoms with Crippen LogP contribution in [0, 0.1) is 41.4 Å². The molecule has 7 atom stereocenters. The minimum atomic E-state index is -5.77. The highest BCUT2D eigenvalue weighted by Crippen LogP contribution is 2.57. The Kier molecular flexibility index (Phi) is 4.99. The van der Waals surface area contributed by atoms with Crippen LogP contribution in [0.3, 0.4) is 0 Å². The van der Waals surface area contributed by atoms with E-state index in [4.69, 9.17) is 4.74 Å². The van der Waals surface area contributed by atoms with E-state index in [0.29, 0.717) is 18.8 Å². The van der Waals surface area contributed by atoms with Crippen LogP contribution in [-0.4, -0.2) is 35.6 Å². The highest BCUT2D eigenvalue weighted by Gasteiger charge is 2.71. The van der Waals surface area contributed by atoms with Gasteiger partial charge in [0.15, 0.2) is 0 Å². The number of alkyl halides is 6. The first kappa shape index (κ1) is 21.0. The van der Waals surface area contributed by atoms with Crippen molar-refractivity contribution < 1.29 is 41.0 Å². The summed E-state index contributed by atoms with van der Waals surface area (Å²) in [5.74, 6) is -0.973. The Labute approximate surface area is 164 Å². The van der Waals surface area contributed by atoms with Gasteiger partial charge in [-0.25, -0.2) is 0 Å². The lowest BCUT2D eigenvalue weighted by Crippen LogP contribution is -2.58. The van der Waals surface area contributed by atoms with E-state index in [9.17, 15) is 36.2 Å². The normalized spacial score (nSPS) is 38.8. The molecule has 0 aromatic rings. The zero-order valence-electron chi connectivity index (χ0n) is 15.7. The molecule has 0 saturated heterocycles. The van der Waals surface area contributed by atoms with Crippen LogP contribution in [0.1, 0.15) is 38.5 Å². The zero-order chi connectivity index (χ0) is 21.2. The van der Waals surface area contributed by atoms with E-state index < -0.39 is 30.3 Å². The molecule has 4 bridgehead atoms. The third-order valence-electron chi connectivity index (χ3n) is 7.67. The summed E-state index contributed by atoms with van der Waals surface area (Å²) in [6, 6.07) is 0. The van der Waals surface area contributed by atoms with Gasteiger partial charge in [-0.2, -0.15) is 26.3 Å². The quantitative estimate of drug-likeness (QED) is 0.396. The molecule has 0 radical (unpaired) electrons. The number of allylic oxidation sites excluding steroid dienone is 2. The lowest BCUT2D eigenvalue weighted by molar-refractivity contribution is -0.373. The Morgan fingerprint density at radius 1 is 0.897 bits per heavy atom. The number of rotatable bonds is 5. The molecule has 4 aliphatic carbocycles. The molecular formula is C20H24F6O3. The number of hydrogen-bond donors (Lipinski definition) is 1. The Morgan fingerprint density at radius 3 is 2.00 bits per heavy atom. The number of ether oxygens (including phenoxy) is 1. The van der Waals surface area contributed by atoms with E-state index in [2.05, 4.69) is 6.08 Å². The first-order chi connectivity index (χ1) is 13.4. The van der Waals surface area contributed by atoms with Crippen molar-refractivity contribution in [3.8, 4) is 0 Å². The number of carbonyl (C=O) groups is 1. The fourth-order valence-electron chi connectivity index (χ4n) is 6.09. The maximum absolute atomic E-state index is 13.0. The summed E-state index contributed by atoms with van der Waals surface area (Å²) in [6.45, 7) is 0.174. The van der Waals surface area contributed by atoms with Crippen LogP contribution >= 0.6 is 0 Å². The highest BCUT2D eigenvalue weighted by molar-refractivity contribution is 5.74. The van der Waals surface area contributed by atoms with E-state index in [1.807, 2.05) is 6.08 Å². The standard InChI is InChI=1S/C20H24F6O3/c21-19(22,23)18(28,20(24,25)26)8-14-6-13-5-12(14)7-15(13)9-29-17(27)16-4-10-1-2-11(16)3-10/h1-2,10-16,28H,3-9H2/t10?,11?,12?,13?,14?,15-,16?/m1/s1. The average Bonchev–Trinajstić information content (AvgIpc) is 3.37. The van der Waals surface area contributed by atoms with Crippen LogP contribution in [-0.2, 0) is 9.53 Å². The maximum Gasteiger partial charge on any atom is 0.426 e. The summed E-state index contributed by atoms with van der Waals surface area (Å²) >= 11 is 0. The summed E-state index contributed by atoms with van der Waals surface area (Å²) in [5.41, 5.74) is -4.67. The van der Waals surface area contributed by atoms with E-state index >= 15 is 0 Å². The molecule has 6 unspecified atom stereocenters. The summed E-state index contributed by atoms with van der Waals surface area (Å²) in [4.78, 5) is 12.3. The SMILES string of the molecule is O=C(OC[C@H]1CC2CC1CC2CC(O)(C(F)(F)F)C(F)(F)F)C1CC2C=CC1C2. The zero-order valence-corrected chi connectivity index (χ0v) is 15.7. The number of esters is 1. The molecule has 0 aliphatic heterocycles. The van der Waals surface area contributed by atoms with E-state index in [0.717, 1.165) is 12.8 Å². The molecule has 164 valence electrons. The van der Waals surface area contributed by atoms with Crippen LogP contribution in [0.25, 0.3) is 0 Å². The van der Waals surface area contributed by atoms with Crippen molar-refractivity contribution >= 4 is 5.97 Å². The molecule has 0 aromatic heterocycles. The van der Waals surface area contributed by atoms with Crippen LogP contribution in [0.5, 0.6) is 0 Å². The first-order valence-electron chi connectivity index (χ1n) is 10.1. The Hall–Kier alpha value is -1.25. The van der Waals surface area contributed by atoms with Crippen molar-refractivity contribution in [3.63, 3.8) is 0 Å². The molecule has 0 heterocycles. The number of hydrogen-bond acceptors (Lipinski definition) is 3. The van der Waals surface area contributed by atoms with Crippen LogP contribution in [0.4, 0.5) is 26.3 Å². The third-order valence-corrected chi connectivity index (χ3v) is 7.67. The van der Waals surface area contributed by atoms with E-state index in [1.54, 1.807) is 0 Å². The van der Waals surface area contributed by atoms with Crippen molar-refractivity contribution in [1.82, 2.24) is 0 Å². The number of aliphatic hydroxyl groups is 1. The second kappa shape index (κ2) is 6.89. The molecule has 3 nitrogen and oxygen atoms in total. The predicted molar refractivity (Wildman–Crippen MR) is 89.3 cm³/mol. The lowest BCUT2D eigenvalue weighted by Gasteiger charge is -2.37. The van der Waals surface area contributed by atoms with Crippen molar-refractivity contribution in [1.29, 1.82) is 0 Å². The third kappa shape index (κ3) is 3.57. The van der Waals surface area contributed by atoms with Gasteiger partial charge in [0.2, 0.25) is 0 Å². The van der Waals surface area contributed by atoms with Gasteiger partial charge in [0.25, 0.3) is 5.60 Å². The lowest BCUT2D eigenvalue weighted by atomic mass is 9.76. The van der Waals surface area contributed by atoms with Gasteiger partial charge in [0.05, 0.1) is 12.5 Å². The molecule has 4 aliphatic rings. The van der Waals surface area contributed by atoms with E-state index in [-0.39, 0.29) is 48.6 Å². The largest absolute Gasteiger partial charge is 0.465 e. The fraction of sp³-hybridized carbons (Fsp3) is 0.850. The van der Waals surface area contributed by atoms with Gasteiger partial charge < -0.3 is 9.84 Å². The predicted octanol–water partition coefficient (Wildman–Crippen LogP) is 4.65. The molecule has 4 rings (SSSR count). The number of fused-ring (bicyclic) bond motifs is 4. The molecule has 0 spiro atoms. The van der Waals surface area contributed by atoms with Gasteiger partial charge in [-0.3, -0.25) is 4.79 Å². The number of halogens is 6. The van der Waals surface area contributed by atoms with Gasteiger partial charge in [-0.1, -0.05) is 12.2 Å². The fourth-order valence-corrected chi connectivity index (χ4v) is 6.09. The Balaban J connectivity index is 1.30. The van der Waals surface area contributed by atoms with Crippen molar-refractivity contribution in [2.24, 2.45) is 41.4 Å². The molecule has 29 heavy (non-hydrogen) atoms. The van der Waals surface area contributed by atoms with Gasteiger partial charge in [0, 0.05) is 0 Å². The molecule has 1 N–H and O–H groups in total. The molecule has 3 saturated carbocycles. The van der Waals surface area contributed by atoms with Gasteiger partial charge in [0.1, 0.15) is 0 Å². The Morgan fingerprint density at radius 2 is 1.52 bits per heavy atom. The first-order valence-corrected chi connectivity index (χ1v) is 10.1. The van der Waals surface area contributed by atoms with Gasteiger partial charge in [-0.05, 0) is 74.0 Å². The summed E-state index contributed by atoms with van der Waals surface area (Å²) in [7, 11) is 0. The van der Waals surface area contributed by atoms with E-state index in [1.165, 1.54) is 0 Å². The molecular weight excluding hydrogens is 402 g/mol. The van der Waals surface area contributed by atoms with Gasteiger partial charge >= 0.3 is 18.3 Å². The minimum Gasteiger partial charge on any atom is -0.465 e. The highest BCUT2D eigenvalue weighted by atomic mass is 19.4. The molecule has 0 amide bonds. The molecule has 0 aromatic carbocycles. The maximum atomic E-state index is 13.0. The summed E-state index contributed by atoms with van der Waals surface area (Å²) < 4.78 is 83.2. The van der Waals surface area contributed by atoms with Crippen LogP contribution in [0.2, 0.25) is 0 Å². The van der Waals surface area contributed by atoms with Crippen LogP contribution in [0.15, 0.2) is 12.2 Å². The monoisotopic (exact) mass is 426 g/mol. The van der Waals surface area contributed by atoms with Crippen LogP contribution < -0.4 is 0 Å². The Bertz CT molecular complexity index is 671. The summed E-state index contributed by atoms with van der Waals surface area (Å²) in [5, 5.41) is 9.46. The topological polar surface area (TPSA) is 46.5 Å². The van der Waals surface area contributed by atoms with Gasteiger partial charge in [-0.15, -0.1) is 0 Å². The summed E-state index contributed by atoms with van der Waals surface area (Å²) in [6.07, 6.45) is -5.82. The average molecular weight is 426 g/mol. The van der Waals surface area contributed by atoms with Crippen molar-refractivity contribution in [2.45, 2.75) is 56.5 Å². The molecule has 9 heteroatoms. The van der Waals surface area contributed by atoms with Crippen molar-refractivity contribution in [3.05, 3.63) is 12.2 Å². The number of carbonyl (C=O) groups excluding carboxylic acids is 1. The van der Waals surface area contributed by atoms with Crippen molar-refractivity contribution in [2.75, 3.05) is 6.61 Å². The second-order valence-corrected chi connectivity index (χ2v) is 9.32. The second-order valence-electron chi connectivity index (χ2n) is 9.32. The smallest absolute Gasteiger partial charge is 0.426 e.